The van der Waals surface area contributed by atoms with Gasteiger partial charge in [0.25, 0.3) is 11.4 Å². The highest BCUT2D eigenvalue weighted by atomic mass is 16.6. The lowest BCUT2D eigenvalue weighted by Crippen LogP contribution is -2.10. The zero-order chi connectivity index (χ0) is 16.2. The maximum Gasteiger partial charge on any atom is 0.336 e. The van der Waals surface area contributed by atoms with Crippen LogP contribution in [-0.2, 0) is 6.42 Å². The number of carboxylic acids is 1. The SMILES string of the molecule is CCCCCc1c(C(=O)O)cc([N+](=O)[O-])c(C)c1[N+](=O)[O-]. The molecule has 0 aliphatic heterocycles. The molecule has 0 amide bonds. The van der Waals surface area contributed by atoms with Crippen LogP contribution in [0.25, 0.3) is 0 Å². The van der Waals surface area contributed by atoms with Crippen LogP contribution in [-0.4, -0.2) is 20.9 Å². The summed E-state index contributed by atoms with van der Waals surface area (Å²) >= 11 is 0. The number of nitro benzene ring substituents is 2. The van der Waals surface area contributed by atoms with E-state index in [0.717, 1.165) is 18.9 Å². The van der Waals surface area contributed by atoms with Gasteiger partial charge in [-0.1, -0.05) is 19.8 Å². The third kappa shape index (κ3) is 3.53. The smallest absolute Gasteiger partial charge is 0.336 e. The predicted octanol–water partition coefficient (Wildman–Crippen LogP) is 3.24. The number of benzene rings is 1. The van der Waals surface area contributed by atoms with E-state index in [1.54, 1.807) is 0 Å². The highest BCUT2D eigenvalue weighted by Gasteiger charge is 2.31. The number of nitro groups is 2. The average Bonchev–Trinajstić information content (AvgIpc) is 2.37. The van der Waals surface area contributed by atoms with Crippen LogP contribution in [0.2, 0.25) is 0 Å². The first-order chi connectivity index (χ1) is 9.81. The summed E-state index contributed by atoms with van der Waals surface area (Å²) in [5.74, 6) is -1.40. The molecular formula is C13H16N2O6. The van der Waals surface area contributed by atoms with Crippen molar-refractivity contribution in [1.82, 2.24) is 0 Å². The highest BCUT2D eigenvalue weighted by molar-refractivity contribution is 5.92. The Morgan fingerprint density at radius 1 is 1.24 bits per heavy atom. The van der Waals surface area contributed by atoms with E-state index in [-0.39, 0.29) is 23.1 Å². The Balaban J connectivity index is 3.56. The number of carboxylic acid groups (broad SMARTS) is 1. The summed E-state index contributed by atoms with van der Waals surface area (Å²) < 4.78 is 0. The molecule has 0 unspecified atom stereocenters. The number of hydrogen-bond acceptors (Lipinski definition) is 5. The van der Waals surface area contributed by atoms with Crippen molar-refractivity contribution in [1.29, 1.82) is 0 Å². The van der Waals surface area contributed by atoms with Gasteiger partial charge in [-0.15, -0.1) is 0 Å². The van der Waals surface area contributed by atoms with E-state index >= 15 is 0 Å². The van der Waals surface area contributed by atoms with Crippen molar-refractivity contribution < 1.29 is 19.7 Å². The number of rotatable bonds is 7. The van der Waals surface area contributed by atoms with Crippen LogP contribution >= 0.6 is 0 Å². The fraction of sp³-hybridized carbons (Fsp3) is 0.462. The van der Waals surface area contributed by atoms with Crippen molar-refractivity contribution in [3.8, 4) is 0 Å². The molecule has 114 valence electrons. The van der Waals surface area contributed by atoms with Gasteiger partial charge in [0.1, 0.15) is 5.56 Å². The molecule has 1 rings (SSSR count). The molecule has 0 fully saturated rings. The zero-order valence-corrected chi connectivity index (χ0v) is 11.8. The Bertz CT molecular complexity index is 597. The first-order valence-electron chi connectivity index (χ1n) is 6.49. The molecular weight excluding hydrogens is 280 g/mol. The number of unbranched alkanes of at least 4 members (excludes halogenated alkanes) is 2. The van der Waals surface area contributed by atoms with Gasteiger partial charge in [-0.25, -0.2) is 4.79 Å². The lowest BCUT2D eigenvalue weighted by molar-refractivity contribution is -0.395. The lowest BCUT2D eigenvalue weighted by atomic mass is 9.95. The van der Waals surface area contributed by atoms with E-state index in [4.69, 9.17) is 0 Å². The van der Waals surface area contributed by atoms with E-state index < -0.39 is 27.2 Å². The predicted molar refractivity (Wildman–Crippen MR) is 74.7 cm³/mol. The Kier molecular flexibility index (Phi) is 5.34. The van der Waals surface area contributed by atoms with Crippen LogP contribution in [0.3, 0.4) is 0 Å². The molecule has 0 aromatic heterocycles. The van der Waals surface area contributed by atoms with Gasteiger partial charge in [-0.2, -0.15) is 0 Å². The summed E-state index contributed by atoms with van der Waals surface area (Å²) in [6.07, 6.45) is 2.48. The second kappa shape index (κ2) is 6.78. The molecule has 0 radical (unpaired) electrons. The molecule has 0 saturated heterocycles. The fourth-order valence-electron chi connectivity index (χ4n) is 2.24. The van der Waals surface area contributed by atoms with Gasteiger partial charge in [-0.05, 0) is 19.8 Å². The van der Waals surface area contributed by atoms with Gasteiger partial charge in [0.05, 0.1) is 15.4 Å². The summed E-state index contributed by atoms with van der Waals surface area (Å²) in [4.78, 5) is 31.9. The van der Waals surface area contributed by atoms with Crippen molar-refractivity contribution >= 4 is 17.3 Å². The Hall–Kier alpha value is -2.51. The molecule has 0 spiro atoms. The fourth-order valence-corrected chi connectivity index (χ4v) is 2.24. The van der Waals surface area contributed by atoms with Gasteiger partial charge in [0, 0.05) is 11.6 Å². The molecule has 1 aromatic carbocycles. The van der Waals surface area contributed by atoms with E-state index in [9.17, 15) is 30.1 Å². The van der Waals surface area contributed by atoms with Crippen molar-refractivity contribution in [2.24, 2.45) is 0 Å². The lowest BCUT2D eigenvalue weighted by Gasteiger charge is -2.09. The molecule has 8 nitrogen and oxygen atoms in total. The van der Waals surface area contributed by atoms with Crippen LogP contribution in [0.4, 0.5) is 11.4 Å². The molecule has 0 aliphatic carbocycles. The minimum Gasteiger partial charge on any atom is -0.478 e. The number of aromatic carboxylic acids is 1. The van der Waals surface area contributed by atoms with Gasteiger partial charge < -0.3 is 5.11 Å². The molecule has 0 saturated carbocycles. The van der Waals surface area contributed by atoms with Crippen molar-refractivity contribution in [3.63, 3.8) is 0 Å². The topological polar surface area (TPSA) is 124 Å². The Labute approximate surface area is 120 Å². The summed E-state index contributed by atoms with van der Waals surface area (Å²) in [6.45, 7) is 3.22. The summed E-state index contributed by atoms with van der Waals surface area (Å²) in [6, 6.07) is 0.909. The summed E-state index contributed by atoms with van der Waals surface area (Å²) in [7, 11) is 0. The van der Waals surface area contributed by atoms with E-state index in [1.165, 1.54) is 6.92 Å². The Morgan fingerprint density at radius 2 is 1.86 bits per heavy atom. The monoisotopic (exact) mass is 296 g/mol. The van der Waals surface area contributed by atoms with Gasteiger partial charge in [-0.3, -0.25) is 20.2 Å². The van der Waals surface area contributed by atoms with Gasteiger partial charge in [0.15, 0.2) is 0 Å². The normalized spacial score (nSPS) is 10.4. The summed E-state index contributed by atoms with van der Waals surface area (Å²) in [5.41, 5.74) is -1.42. The molecule has 8 heteroatoms. The van der Waals surface area contributed by atoms with Crippen LogP contribution < -0.4 is 0 Å². The molecule has 0 atom stereocenters. The van der Waals surface area contributed by atoms with E-state index in [0.29, 0.717) is 6.42 Å². The van der Waals surface area contributed by atoms with Crippen LogP contribution in [0.1, 0.15) is 47.7 Å². The second-order valence-electron chi connectivity index (χ2n) is 4.67. The maximum absolute atomic E-state index is 11.3. The number of nitrogens with zero attached hydrogens (tertiary/aromatic N) is 2. The zero-order valence-electron chi connectivity index (χ0n) is 11.8. The maximum atomic E-state index is 11.3. The first kappa shape index (κ1) is 16.5. The summed E-state index contributed by atoms with van der Waals surface area (Å²) in [5, 5.41) is 31.3. The first-order valence-corrected chi connectivity index (χ1v) is 6.49. The number of hydrogen-bond donors (Lipinski definition) is 1. The van der Waals surface area contributed by atoms with Crippen LogP contribution in [0.5, 0.6) is 0 Å². The molecule has 0 aliphatic rings. The highest BCUT2D eigenvalue weighted by Crippen LogP contribution is 2.35. The Morgan fingerprint density at radius 3 is 2.29 bits per heavy atom. The minimum absolute atomic E-state index is 0.0593. The molecule has 0 bridgehead atoms. The van der Waals surface area contributed by atoms with Crippen molar-refractivity contribution in [3.05, 3.63) is 43.0 Å². The van der Waals surface area contributed by atoms with Gasteiger partial charge >= 0.3 is 5.97 Å². The van der Waals surface area contributed by atoms with Gasteiger partial charge in [0.2, 0.25) is 0 Å². The van der Waals surface area contributed by atoms with Crippen LogP contribution in [0.15, 0.2) is 6.07 Å². The largest absolute Gasteiger partial charge is 0.478 e. The average molecular weight is 296 g/mol. The van der Waals surface area contributed by atoms with E-state index in [2.05, 4.69) is 0 Å². The quantitative estimate of drug-likeness (QED) is 0.468. The molecule has 1 aromatic rings. The van der Waals surface area contributed by atoms with Crippen molar-refractivity contribution in [2.75, 3.05) is 0 Å². The minimum atomic E-state index is -1.40. The molecule has 1 N–H and O–H groups in total. The molecule has 0 heterocycles. The van der Waals surface area contributed by atoms with Crippen LogP contribution in [0, 0.1) is 27.2 Å². The molecule has 21 heavy (non-hydrogen) atoms. The third-order valence-corrected chi connectivity index (χ3v) is 3.27. The second-order valence-corrected chi connectivity index (χ2v) is 4.67. The third-order valence-electron chi connectivity index (χ3n) is 3.27. The number of carbonyl (C=O) groups is 1. The van der Waals surface area contributed by atoms with E-state index in [1.807, 2.05) is 6.92 Å². The van der Waals surface area contributed by atoms with Crippen molar-refractivity contribution in [2.45, 2.75) is 39.5 Å². The standard InChI is InChI=1S/C13H16N2O6/c1-3-4-5-6-9-10(13(16)17)7-11(14(18)19)8(2)12(9)15(20)21/h7H,3-6H2,1-2H3,(H,16,17).